The van der Waals surface area contributed by atoms with Crippen LogP contribution in [0.2, 0.25) is 0 Å². The zero-order valence-corrected chi connectivity index (χ0v) is 20.8. The summed E-state index contributed by atoms with van der Waals surface area (Å²) in [6.07, 6.45) is -1.55. The predicted octanol–water partition coefficient (Wildman–Crippen LogP) is 3.22. The average molecular weight is 501 g/mol. The van der Waals surface area contributed by atoms with Gasteiger partial charge in [-0.25, -0.2) is 19.2 Å². The van der Waals surface area contributed by atoms with E-state index in [4.69, 9.17) is 14.2 Å². The van der Waals surface area contributed by atoms with Crippen LogP contribution in [0.4, 0.5) is 9.59 Å². The molecule has 0 radical (unpaired) electrons. The Labute approximate surface area is 209 Å². The molecule has 0 bridgehead atoms. The molecule has 2 aromatic carbocycles. The first-order valence-corrected chi connectivity index (χ1v) is 11.3. The molecule has 0 aromatic heterocycles. The summed E-state index contributed by atoms with van der Waals surface area (Å²) in [6.45, 7) is 5.11. The number of alkyl carbamates (subject to hydrolysis) is 2. The minimum atomic E-state index is -1.24. The Hall–Kier alpha value is -4.08. The Morgan fingerprint density at radius 1 is 0.833 bits per heavy atom. The van der Waals surface area contributed by atoms with E-state index in [9.17, 15) is 24.3 Å². The van der Waals surface area contributed by atoms with Gasteiger partial charge in [0.05, 0.1) is 7.11 Å². The number of carbonyl (C=O) groups is 4. The van der Waals surface area contributed by atoms with E-state index in [0.717, 1.165) is 5.56 Å². The summed E-state index contributed by atoms with van der Waals surface area (Å²) in [6, 6.07) is 13.6. The third kappa shape index (κ3) is 10.0. The lowest BCUT2D eigenvalue weighted by Crippen LogP contribution is -2.45. The van der Waals surface area contributed by atoms with Crippen LogP contribution in [0.3, 0.4) is 0 Å². The van der Waals surface area contributed by atoms with E-state index in [1.807, 2.05) is 6.07 Å². The predicted molar refractivity (Wildman–Crippen MR) is 130 cm³/mol. The maximum atomic E-state index is 12.2. The second-order valence-corrected chi connectivity index (χ2v) is 9.05. The third-order valence-electron chi connectivity index (χ3n) is 4.85. The van der Waals surface area contributed by atoms with Gasteiger partial charge in [-0.05, 0) is 37.5 Å². The normalized spacial score (nSPS) is 12.6. The van der Waals surface area contributed by atoms with Gasteiger partial charge in [-0.3, -0.25) is 0 Å². The second kappa shape index (κ2) is 13.1. The topological polar surface area (TPSA) is 140 Å². The summed E-state index contributed by atoms with van der Waals surface area (Å²) >= 11 is 0. The molecule has 2 unspecified atom stereocenters. The maximum Gasteiger partial charge on any atom is 0.408 e. The lowest BCUT2D eigenvalue weighted by atomic mass is 9.99. The van der Waals surface area contributed by atoms with Crippen molar-refractivity contribution in [1.82, 2.24) is 10.6 Å². The Balaban J connectivity index is 2.03. The lowest BCUT2D eigenvalue weighted by molar-refractivity contribution is -0.143. The Kier molecular flexibility index (Phi) is 10.3. The smallest absolute Gasteiger partial charge is 0.408 e. The van der Waals surface area contributed by atoms with Gasteiger partial charge in [0.25, 0.3) is 0 Å². The molecule has 2 amide bonds. The standard InChI is InChI=1S/C26H32N2O8/c1-26(2,3)36-25(33)28-21(23(31)34-4)15-19-12-8-11-18(13-19)14-20(22(29)30)27-24(32)35-16-17-9-6-5-7-10-17/h5-13,20-21H,14-16H2,1-4H3,(H,27,32)(H,28,33)(H,29,30). The molecular formula is C26H32N2O8. The van der Waals surface area contributed by atoms with Gasteiger partial charge < -0.3 is 30.0 Å². The van der Waals surface area contributed by atoms with E-state index >= 15 is 0 Å². The minimum Gasteiger partial charge on any atom is -0.480 e. The average Bonchev–Trinajstić information content (AvgIpc) is 2.81. The summed E-state index contributed by atoms with van der Waals surface area (Å²) < 4.78 is 15.1. The van der Waals surface area contributed by atoms with Crippen LogP contribution in [0.5, 0.6) is 0 Å². The first kappa shape index (κ1) is 28.2. The first-order chi connectivity index (χ1) is 17.0. The molecule has 0 spiro atoms. The molecule has 10 nitrogen and oxygen atoms in total. The second-order valence-electron chi connectivity index (χ2n) is 9.05. The highest BCUT2D eigenvalue weighted by molar-refractivity contribution is 5.82. The largest absolute Gasteiger partial charge is 0.480 e. The highest BCUT2D eigenvalue weighted by Gasteiger charge is 2.26. The van der Waals surface area contributed by atoms with Crippen molar-refractivity contribution in [2.24, 2.45) is 0 Å². The van der Waals surface area contributed by atoms with Crippen molar-refractivity contribution >= 4 is 24.1 Å². The number of esters is 1. The van der Waals surface area contributed by atoms with Crippen molar-refractivity contribution in [2.75, 3.05) is 7.11 Å². The summed E-state index contributed by atoms with van der Waals surface area (Å²) in [5, 5.41) is 14.5. The van der Waals surface area contributed by atoms with E-state index in [1.54, 1.807) is 69.3 Å². The number of amides is 2. The van der Waals surface area contributed by atoms with Crippen LogP contribution in [0.1, 0.15) is 37.5 Å². The molecule has 0 saturated carbocycles. The van der Waals surface area contributed by atoms with Crippen molar-refractivity contribution in [3.8, 4) is 0 Å². The van der Waals surface area contributed by atoms with Crippen molar-refractivity contribution in [1.29, 1.82) is 0 Å². The zero-order chi connectivity index (χ0) is 26.7. The molecule has 3 N–H and O–H groups in total. The van der Waals surface area contributed by atoms with Crippen LogP contribution in [0, 0.1) is 0 Å². The van der Waals surface area contributed by atoms with E-state index in [1.165, 1.54) is 7.11 Å². The molecule has 10 heteroatoms. The van der Waals surface area contributed by atoms with Crippen LogP contribution in [0.25, 0.3) is 0 Å². The molecule has 0 fully saturated rings. The van der Waals surface area contributed by atoms with Crippen LogP contribution in [-0.2, 0) is 43.2 Å². The number of benzene rings is 2. The van der Waals surface area contributed by atoms with Gasteiger partial charge in [-0.1, -0.05) is 54.6 Å². The van der Waals surface area contributed by atoms with Crippen LogP contribution >= 0.6 is 0 Å². The molecular weight excluding hydrogens is 468 g/mol. The number of carboxylic acids is 1. The molecule has 2 rings (SSSR count). The fourth-order valence-electron chi connectivity index (χ4n) is 3.25. The monoisotopic (exact) mass is 500 g/mol. The number of methoxy groups -OCH3 is 1. The van der Waals surface area contributed by atoms with E-state index < -0.39 is 41.8 Å². The molecule has 194 valence electrons. The number of aliphatic carboxylic acids is 1. The summed E-state index contributed by atoms with van der Waals surface area (Å²) in [4.78, 5) is 48.3. The third-order valence-corrected chi connectivity index (χ3v) is 4.85. The molecule has 0 heterocycles. The molecule has 2 atom stereocenters. The van der Waals surface area contributed by atoms with Gasteiger partial charge in [-0.2, -0.15) is 0 Å². The number of rotatable bonds is 10. The molecule has 0 aliphatic heterocycles. The Morgan fingerprint density at radius 2 is 1.39 bits per heavy atom. The number of ether oxygens (including phenoxy) is 3. The zero-order valence-electron chi connectivity index (χ0n) is 20.8. The number of carboxylic acid groups (broad SMARTS) is 1. The van der Waals surface area contributed by atoms with Crippen molar-refractivity contribution in [2.45, 2.75) is 57.9 Å². The highest BCUT2D eigenvalue weighted by Crippen LogP contribution is 2.13. The van der Waals surface area contributed by atoms with Crippen LogP contribution in [-0.4, -0.2) is 54.0 Å². The van der Waals surface area contributed by atoms with Crippen LogP contribution < -0.4 is 10.6 Å². The molecule has 0 aliphatic carbocycles. The summed E-state index contributed by atoms with van der Waals surface area (Å²) in [7, 11) is 1.21. The van der Waals surface area contributed by atoms with Gasteiger partial charge in [-0.15, -0.1) is 0 Å². The maximum absolute atomic E-state index is 12.2. The Bertz CT molecular complexity index is 1050. The van der Waals surface area contributed by atoms with Crippen molar-refractivity contribution < 1.29 is 38.5 Å². The quantitative estimate of drug-likeness (QED) is 0.334. The first-order valence-electron chi connectivity index (χ1n) is 11.3. The fourth-order valence-corrected chi connectivity index (χ4v) is 3.25. The lowest BCUT2D eigenvalue weighted by Gasteiger charge is -2.22. The molecule has 0 saturated heterocycles. The number of hydrogen-bond donors (Lipinski definition) is 3. The van der Waals surface area contributed by atoms with Gasteiger partial charge in [0, 0.05) is 12.8 Å². The van der Waals surface area contributed by atoms with Crippen molar-refractivity contribution in [3.63, 3.8) is 0 Å². The number of carbonyl (C=O) groups excluding carboxylic acids is 3. The number of hydrogen-bond acceptors (Lipinski definition) is 7. The van der Waals surface area contributed by atoms with Crippen LogP contribution in [0.15, 0.2) is 54.6 Å². The van der Waals surface area contributed by atoms with Gasteiger partial charge in [0.15, 0.2) is 0 Å². The molecule has 36 heavy (non-hydrogen) atoms. The Morgan fingerprint density at radius 3 is 1.94 bits per heavy atom. The van der Waals surface area contributed by atoms with Gasteiger partial charge in [0.2, 0.25) is 0 Å². The molecule has 2 aromatic rings. The van der Waals surface area contributed by atoms with Crippen molar-refractivity contribution in [3.05, 3.63) is 71.3 Å². The summed E-state index contributed by atoms with van der Waals surface area (Å²) in [5.41, 5.74) is 1.28. The van der Waals surface area contributed by atoms with Gasteiger partial charge in [0.1, 0.15) is 24.3 Å². The summed E-state index contributed by atoms with van der Waals surface area (Å²) in [5.74, 6) is -1.88. The van der Waals surface area contributed by atoms with Gasteiger partial charge >= 0.3 is 24.1 Å². The van der Waals surface area contributed by atoms with E-state index in [-0.39, 0.29) is 19.4 Å². The number of nitrogens with one attached hydrogen (secondary N) is 2. The highest BCUT2D eigenvalue weighted by atomic mass is 16.6. The molecule has 0 aliphatic rings. The van der Waals surface area contributed by atoms with E-state index in [2.05, 4.69) is 10.6 Å². The fraction of sp³-hybridized carbons (Fsp3) is 0.385. The minimum absolute atomic E-state index is 0.00800. The SMILES string of the molecule is COC(=O)C(Cc1cccc(CC(NC(=O)OCc2ccccc2)C(=O)O)c1)NC(=O)OC(C)(C)C. The van der Waals surface area contributed by atoms with E-state index in [0.29, 0.717) is 11.1 Å².